The summed E-state index contributed by atoms with van der Waals surface area (Å²) < 4.78 is 32.5. The molecule has 1 atom stereocenters. The van der Waals surface area contributed by atoms with E-state index in [4.69, 9.17) is 0 Å². The van der Waals surface area contributed by atoms with E-state index in [9.17, 15) is 13.6 Å². The second-order valence-corrected chi connectivity index (χ2v) is 5.52. The summed E-state index contributed by atoms with van der Waals surface area (Å²) in [6.45, 7) is 2.72. The van der Waals surface area contributed by atoms with Crippen LogP contribution in [-0.2, 0) is 9.53 Å². The summed E-state index contributed by atoms with van der Waals surface area (Å²) in [4.78, 5) is 11.3. The van der Waals surface area contributed by atoms with Crippen LogP contribution in [-0.4, -0.2) is 18.7 Å². The fourth-order valence-corrected chi connectivity index (χ4v) is 2.27. The summed E-state index contributed by atoms with van der Waals surface area (Å²) in [6, 6.07) is 4.13. The summed E-state index contributed by atoms with van der Waals surface area (Å²) in [5.41, 5.74) is -1.22. The van der Waals surface area contributed by atoms with Gasteiger partial charge in [-0.25, -0.2) is 8.78 Å². The molecule has 0 aliphatic heterocycles. The van der Waals surface area contributed by atoms with E-state index in [1.54, 1.807) is 6.07 Å². The molecule has 0 spiro atoms. The van der Waals surface area contributed by atoms with E-state index in [0.717, 1.165) is 0 Å². The SMILES string of the molecule is COC(=O)CC(c1cc(F)cc(Br)c1)C(C)(C)F. The number of methoxy groups -OCH3 is 1. The van der Waals surface area contributed by atoms with Crippen molar-refractivity contribution in [3.63, 3.8) is 0 Å². The molecule has 100 valence electrons. The minimum Gasteiger partial charge on any atom is -0.469 e. The zero-order chi connectivity index (χ0) is 13.9. The molecule has 0 bridgehead atoms. The number of halogens is 3. The largest absolute Gasteiger partial charge is 0.469 e. The Balaban J connectivity index is 3.13. The highest BCUT2D eigenvalue weighted by Crippen LogP contribution is 2.36. The van der Waals surface area contributed by atoms with Gasteiger partial charge in [-0.3, -0.25) is 4.79 Å². The van der Waals surface area contributed by atoms with Gasteiger partial charge in [0.25, 0.3) is 0 Å². The van der Waals surface area contributed by atoms with Gasteiger partial charge in [0.15, 0.2) is 0 Å². The standard InChI is InChI=1S/C13H15BrF2O2/c1-13(2,16)11(7-12(17)18-3)8-4-9(14)6-10(15)5-8/h4-6,11H,7H2,1-3H3. The Morgan fingerprint density at radius 1 is 1.44 bits per heavy atom. The van der Waals surface area contributed by atoms with Gasteiger partial charge in [0.05, 0.1) is 13.5 Å². The first-order valence-electron chi connectivity index (χ1n) is 5.45. The number of esters is 1. The van der Waals surface area contributed by atoms with Crippen LogP contribution in [0.4, 0.5) is 8.78 Å². The van der Waals surface area contributed by atoms with Gasteiger partial charge in [0, 0.05) is 10.4 Å². The molecule has 1 aromatic rings. The fourth-order valence-electron chi connectivity index (χ4n) is 1.78. The van der Waals surface area contributed by atoms with E-state index in [0.29, 0.717) is 10.0 Å². The molecule has 0 heterocycles. The molecule has 0 saturated carbocycles. The summed E-state index contributed by atoms with van der Waals surface area (Å²) >= 11 is 3.15. The molecule has 18 heavy (non-hydrogen) atoms. The Kier molecular flexibility index (Phi) is 4.85. The molecule has 0 aliphatic carbocycles. The molecular formula is C13H15BrF2O2. The van der Waals surface area contributed by atoms with E-state index < -0.39 is 23.4 Å². The van der Waals surface area contributed by atoms with Crippen molar-refractivity contribution in [2.75, 3.05) is 7.11 Å². The molecule has 0 amide bonds. The first-order valence-corrected chi connectivity index (χ1v) is 6.25. The molecule has 0 fully saturated rings. The topological polar surface area (TPSA) is 26.3 Å². The predicted octanol–water partition coefficient (Wildman–Crippen LogP) is 3.98. The molecular weight excluding hydrogens is 306 g/mol. The Morgan fingerprint density at radius 2 is 2.06 bits per heavy atom. The maximum Gasteiger partial charge on any atom is 0.306 e. The average molecular weight is 321 g/mol. The van der Waals surface area contributed by atoms with Crippen LogP contribution in [0.1, 0.15) is 31.7 Å². The Morgan fingerprint density at radius 3 is 2.50 bits per heavy atom. The molecule has 0 saturated heterocycles. The maximum absolute atomic E-state index is 14.2. The summed E-state index contributed by atoms with van der Waals surface area (Å²) in [5, 5.41) is 0. The van der Waals surface area contributed by atoms with Crippen molar-refractivity contribution < 1.29 is 18.3 Å². The van der Waals surface area contributed by atoms with Gasteiger partial charge in [-0.2, -0.15) is 0 Å². The van der Waals surface area contributed by atoms with Crippen molar-refractivity contribution in [1.29, 1.82) is 0 Å². The Hall–Kier alpha value is -0.970. The Labute approximate surface area is 113 Å². The van der Waals surface area contributed by atoms with Gasteiger partial charge in [-0.1, -0.05) is 15.9 Å². The van der Waals surface area contributed by atoms with Crippen LogP contribution in [0.5, 0.6) is 0 Å². The van der Waals surface area contributed by atoms with Crippen molar-refractivity contribution in [2.45, 2.75) is 31.9 Å². The number of ether oxygens (including phenoxy) is 1. The van der Waals surface area contributed by atoms with Crippen molar-refractivity contribution in [3.05, 3.63) is 34.1 Å². The minimum absolute atomic E-state index is 0.129. The third kappa shape index (κ3) is 4.05. The maximum atomic E-state index is 14.2. The highest BCUT2D eigenvalue weighted by atomic mass is 79.9. The molecule has 1 unspecified atom stereocenters. The lowest BCUT2D eigenvalue weighted by Crippen LogP contribution is -2.27. The summed E-state index contributed by atoms with van der Waals surface area (Å²) in [5.74, 6) is -1.75. The lowest BCUT2D eigenvalue weighted by molar-refractivity contribution is -0.141. The number of benzene rings is 1. The lowest BCUT2D eigenvalue weighted by Gasteiger charge is -2.26. The van der Waals surface area contributed by atoms with Crippen LogP contribution in [0, 0.1) is 5.82 Å². The van der Waals surface area contributed by atoms with E-state index in [1.807, 2.05) is 0 Å². The normalized spacial score (nSPS) is 13.2. The second-order valence-electron chi connectivity index (χ2n) is 4.60. The molecule has 5 heteroatoms. The molecule has 0 aliphatic rings. The van der Waals surface area contributed by atoms with Gasteiger partial charge in [-0.15, -0.1) is 0 Å². The highest BCUT2D eigenvalue weighted by Gasteiger charge is 2.33. The van der Waals surface area contributed by atoms with Gasteiger partial charge < -0.3 is 4.74 Å². The first kappa shape index (κ1) is 15.1. The quantitative estimate of drug-likeness (QED) is 0.784. The van der Waals surface area contributed by atoms with Crippen LogP contribution in [0.2, 0.25) is 0 Å². The van der Waals surface area contributed by atoms with Gasteiger partial charge in [0.2, 0.25) is 0 Å². The molecule has 2 nitrogen and oxygen atoms in total. The average Bonchev–Trinajstić information content (AvgIpc) is 2.22. The summed E-state index contributed by atoms with van der Waals surface area (Å²) in [6.07, 6.45) is -0.129. The number of rotatable bonds is 4. The zero-order valence-electron chi connectivity index (χ0n) is 10.5. The van der Waals surface area contributed by atoms with Crippen molar-refractivity contribution in [2.24, 2.45) is 0 Å². The van der Waals surface area contributed by atoms with Crippen LogP contribution < -0.4 is 0 Å². The number of carbonyl (C=O) groups is 1. The fraction of sp³-hybridized carbons (Fsp3) is 0.462. The third-order valence-electron chi connectivity index (χ3n) is 2.71. The Bertz CT molecular complexity index is 421. The smallest absolute Gasteiger partial charge is 0.306 e. The van der Waals surface area contributed by atoms with Crippen LogP contribution >= 0.6 is 15.9 Å². The second kappa shape index (κ2) is 5.78. The number of hydrogen-bond donors (Lipinski definition) is 0. The van der Waals surface area contributed by atoms with E-state index in [2.05, 4.69) is 20.7 Å². The van der Waals surface area contributed by atoms with E-state index in [-0.39, 0.29) is 6.42 Å². The molecule has 1 rings (SSSR count). The molecule has 0 N–H and O–H groups in total. The minimum atomic E-state index is -1.65. The summed E-state index contributed by atoms with van der Waals surface area (Å²) in [7, 11) is 1.24. The van der Waals surface area contributed by atoms with Gasteiger partial charge in [-0.05, 0) is 37.6 Å². The first-order chi connectivity index (χ1) is 8.24. The van der Waals surface area contributed by atoms with Crippen molar-refractivity contribution in [3.8, 4) is 0 Å². The number of carbonyl (C=O) groups excluding carboxylic acids is 1. The van der Waals surface area contributed by atoms with Crippen LogP contribution in [0.25, 0.3) is 0 Å². The highest BCUT2D eigenvalue weighted by molar-refractivity contribution is 9.10. The van der Waals surface area contributed by atoms with E-state index >= 15 is 0 Å². The monoisotopic (exact) mass is 320 g/mol. The number of alkyl halides is 1. The predicted molar refractivity (Wildman–Crippen MR) is 68.7 cm³/mol. The number of hydrogen-bond acceptors (Lipinski definition) is 2. The van der Waals surface area contributed by atoms with Crippen molar-refractivity contribution >= 4 is 21.9 Å². The third-order valence-corrected chi connectivity index (χ3v) is 3.17. The van der Waals surface area contributed by atoms with Crippen LogP contribution in [0.3, 0.4) is 0 Å². The molecule has 0 radical (unpaired) electrons. The lowest BCUT2D eigenvalue weighted by atomic mass is 9.83. The zero-order valence-corrected chi connectivity index (χ0v) is 12.1. The molecule has 1 aromatic carbocycles. The molecule has 0 aromatic heterocycles. The van der Waals surface area contributed by atoms with Gasteiger partial charge in [0.1, 0.15) is 11.5 Å². The van der Waals surface area contributed by atoms with Gasteiger partial charge >= 0.3 is 5.97 Å². The van der Waals surface area contributed by atoms with Crippen LogP contribution in [0.15, 0.2) is 22.7 Å². The van der Waals surface area contributed by atoms with E-state index in [1.165, 1.54) is 33.1 Å². The van der Waals surface area contributed by atoms with Crippen molar-refractivity contribution in [1.82, 2.24) is 0 Å².